The van der Waals surface area contributed by atoms with Gasteiger partial charge in [0.2, 0.25) is 0 Å². The van der Waals surface area contributed by atoms with Gasteiger partial charge >= 0.3 is 5.97 Å². The highest BCUT2D eigenvalue weighted by Crippen LogP contribution is 2.29. The fourth-order valence-corrected chi connectivity index (χ4v) is 2.96. The molecule has 0 aliphatic carbocycles. The van der Waals surface area contributed by atoms with E-state index < -0.39 is 28.7 Å². The van der Waals surface area contributed by atoms with Gasteiger partial charge in [0.05, 0.1) is 15.4 Å². The highest BCUT2D eigenvalue weighted by atomic mass is 32.2. The van der Waals surface area contributed by atoms with Crippen LogP contribution in [0.1, 0.15) is 47.1 Å². The molecule has 2 aromatic carbocycles. The maximum Gasteiger partial charge on any atom is 0.339 e. The van der Waals surface area contributed by atoms with Gasteiger partial charge in [0.15, 0.2) is 18.2 Å². The van der Waals surface area contributed by atoms with Gasteiger partial charge in [-0.2, -0.15) is 0 Å². The molecule has 8 heteroatoms. The summed E-state index contributed by atoms with van der Waals surface area (Å²) >= 11 is 1.20. The van der Waals surface area contributed by atoms with Gasteiger partial charge in [0.1, 0.15) is 0 Å². The van der Waals surface area contributed by atoms with E-state index in [1.54, 1.807) is 39.2 Å². The molecule has 0 aliphatic rings. The molecule has 0 heterocycles. The smallest absolute Gasteiger partial charge is 0.339 e. The summed E-state index contributed by atoms with van der Waals surface area (Å²) in [5.41, 5.74) is -0.712. The molecular weight excluding hydrogens is 394 g/mol. The molecule has 152 valence electrons. The number of nitro benzene ring substituents is 1. The van der Waals surface area contributed by atoms with Gasteiger partial charge in [0, 0.05) is 22.6 Å². The monoisotopic (exact) mass is 415 g/mol. The third-order valence-corrected chi connectivity index (χ3v) is 4.99. The van der Waals surface area contributed by atoms with Crippen LogP contribution in [0.15, 0.2) is 47.4 Å². The number of carbonyl (C=O) groups is 3. The van der Waals surface area contributed by atoms with Crippen molar-refractivity contribution in [1.29, 1.82) is 0 Å². The van der Waals surface area contributed by atoms with Crippen molar-refractivity contribution in [2.45, 2.75) is 25.7 Å². The van der Waals surface area contributed by atoms with E-state index in [4.69, 9.17) is 4.74 Å². The summed E-state index contributed by atoms with van der Waals surface area (Å²) in [6, 6.07) is 10.2. The Hall–Kier alpha value is -3.00. The summed E-state index contributed by atoms with van der Waals surface area (Å²) in [5, 5.41) is 11.3. The topological polar surface area (TPSA) is 104 Å². The molecule has 0 atom stereocenters. The molecule has 7 nitrogen and oxygen atoms in total. The number of nitro groups is 1. The number of carbonyl (C=O) groups excluding carboxylic acids is 3. The molecule has 0 radical (unpaired) electrons. The van der Waals surface area contributed by atoms with E-state index >= 15 is 0 Å². The van der Waals surface area contributed by atoms with E-state index in [-0.39, 0.29) is 28.2 Å². The van der Waals surface area contributed by atoms with Gasteiger partial charge in [-0.3, -0.25) is 19.7 Å². The number of thioether (sulfide) groups is 1. The predicted molar refractivity (Wildman–Crippen MR) is 109 cm³/mol. The van der Waals surface area contributed by atoms with Gasteiger partial charge < -0.3 is 4.74 Å². The zero-order valence-corrected chi connectivity index (χ0v) is 17.4. The van der Waals surface area contributed by atoms with E-state index in [2.05, 4.69) is 0 Å². The molecule has 0 fully saturated rings. The van der Waals surface area contributed by atoms with Crippen LogP contribution in [0, 0.1) is 15.5 Å². The molecule has 0 amide bonds. The van der Waals surface area contributed by atoms with Crippen molar-refractivity contribution in [3.05, 3.63) is 69.3 Å². The molecular formula is C21H21NO6S. The van der Waals surface area contributed by atoms with E-state index in [0.717, 1.165) is 0 Å². The Morgan fingerprint density at radius 1 is 1.07 bits per heavy atom. The second-order valence-corrected chi connectivity index (χ2v) is 8.12. The third kappa shape index (κ3) is 5.29. The van der Waals surface area contributed by atoms with Gasteiger partial charge in [-0.15, -0.1) is 11.8 Å². The van der Waals surface area contributed by atoms with Crippen molar-refractivity contribution in [2.75, 3.05) is 12.9 Å². The van der Waals surface area contributed by atoms with Gasteiger partial charge in [-0.25, -0.2) is 4.79 Å². The minimum atomic E-state index is -0.804. The first kappa shape index (κ1) is 22.3. The molecule has 0 aromatic heterocycles. The first-order valence-electron chi connectivity index (χ1n) is 8.73. The van der Waals surface area contributed by atoms with Gasteiger partial charge in [0.25, 0.3) is 5.69 Å². The van der Waals surface area contributed by atoms with E-state index in [0.29, 0.717) is 4.90 Å². The Morgan fingerprint density at radius 2 is 1.69 bits per heavy atom. The fraction of sp³-hybridized carbons (Fsp3) is 0.286. The number of hydrogen-bond donors (Lipinski definition) is 0. The number of benzene rings is 2. The van der Waals surface area contributed by atoms with E-state index in [1.807, 2.05) is 0 Å². The molecule has 0 saturated carbocycles. The molecule has 2 rings (SSSR count). The molecule has 0 aliphatic heterocycles. The van der Waals surface area contributed by atoms with E-state index in [1.165, 1.54) is 42.1 Å². The number of esters is 1. The molecule has 0 spiro atoms. The largest absolute Gasteiger partial charge is 0.454 e. The number of ketones is 2. The third-order valence-electron chi connectivity index (χ3n) is 4.20. The summed E-state index contributed by atoms with van der Waals surface area (Å²) in [6.07, 6.45) is 1.70. The normalized spacial score (nSPS) is 11.0. The summed E-state index contributed by atoms with van der Waals surface area (Å²) in [6.45, 7) is 4.74. The highest BCUT2D eigenvalue weighted by molar-refractivity contribution is 7.98. The zero-order valence-electron chi connectivity index (χ0n) is 16.6. The first-order chi connectivity index (χ1) is 13.6. The summed E-state index contributed by atoms with van der Waals surface area (Å²) < 4.78 is 5.09. The maximum absolute atomic E-state index is 12.9. The second kappa shape index (κ2) is 9.00. The Kier molecular flexibility index (Phi) is 6.92. The minimum absolute atomic E-state index is 0.00388. The van der Waals surface area contributed by atoms with E-state index in [9.17, 15) is 24.5 Å². The van der Waals surface area contributed by atoms with Crippen molar-refractivity contribution in [3.8, 4) is 0 Å². The van der Waals surface area contributed by atoms with Crippen LogP contribution in [-0.2, 0) is 9.53 Å². The van der Waals surface area contributed by atoms with Crippen LogP contribution < -0.4 is 0 Å². The first-order valence-corrected chi connectivity index (χ1v) is 9.95. The zero-order chi connectivity index (χ0) is 21.8. The van der Waals surface area contributed by atoms with Gasteiger partial charge in [-0.1, -0.05) is 39.0 Å². The Balaban J connectivity index is 2.34. The standard InChI is InChI=1S/C21H21NO6S/c1-21(2,3)18(23)12-28-20(25)15-8-6-5-7-14(15)19(24)13-9-10-17(29-4)16(11-13)22(26)27/h5-11H,12H2,1-4H3. The van der Waals surface area contributed by atoms with Crippen LogP contribution in [0.3, 0.4) is 0 Å². The van der Waals surface area contributed by atoms with Crippen LogP contribution in [0.4, 0.5) is 5.69 Å². The second-order valence-electron chi connectivity index (χ2n) is 7.27. The van der Waals surface area contributed by atoms with Gasteiger partial charge in [-0.05, 0) is 24.5 Å². The SMILES string of the molecule is CSc1ccc(C(=O)c2ccccc2C(=O)OCC(=O)C(C)(C)C)cc1[N+](=O)[O-]. The molecule has 0 bridgehead atoms. The predicted octanol–water partition coefficient (Wildman–Crippen LogP) is 4.32. The van der Waals surface area contributed by atoms with Crippen molar-refractivity contribution in [3.63, 3.8) is 0 Å². The van der Waals surface area contributed by atoms with Crippen molar-refractivity contribution in [2.24, 2.45) is 5.41 Å². The summed E-state index contributed by atoms with van der Waals surface area (Å²) in [7, 11) is 0. The van der Waals surface area contributed by atoms with Crippen LogP contribution >= 0.6 is 11.8 Å². The quantitative estimate of drug-likeness (QED) is 0.218. The lowest BCUT2D eigenvalue weighted by molar-refractivity contribution is -0.387. The number of rotatable bonds is 7. The number of hydrogen-bond acceptors (Lipinski definition) is 7. The minimum Gasteiger partial charge on any atom is -0.454 e. The lowest BCUT2D eigenvalue weighted by Crippen LogP contribution is -2.26. The number of Topliss-reactive ketones (excluding diaryl/α,β-unsaturated/α-hetero) is 1. The van der Waals surface area contributed by atoms with Crippen molar-refractivity contribution < 1.29 is 24.0 Å². The van der Waals surface area contributed by atoms with Crippen molar-refractivity contribution >= 4 is 35.0 Å². The van der Waals surface area contributed by atoms with Crippen molar-refractivity contribution in [1.82, 2.24) is 0 Å². The fourth-order valence-electron chi connectivity index (χ4n) is 2.41. The Labute approximate surface area is 172 Å². The average molecular weight is 415 g/mol. The van der Waals surface area contributed by atoms with Crippen LogP contribution in [0.25, 0.3) is 0 Å². The number of ether oxygens (including phenoxy) is 1. The lowest BCUT2D eigenvalue weighted by atomic mass is 9.91. The molecule has 0 unspecified atom stereocenters. The Bertz CT molecular complexity index is 977. The molecule has 0 N–H and O–H groups in total. The lowest BCUT2D eigenvalue weighted by Gasteiger charge is -2.16. The average Bonchev–Trinajstić information content (AvgIpc) is 2.69. The van der Waals surface area contributed by atoms with Crippen LogP contribution in [0.2, 0.25) is 0 Å². The van der Waals surface area contributed by atoms with Crippen LogP contribution in [-0.4, -0.2) is 35.3 Å². The molecule has 2 aromatic rings. The highest BCUT2D eigenvalue weighted by Gasteiger charge is 2.25. The Morgan fingerprint density at radius 3 is 2.24 bits per heavy atom. The summed E-state index contributed by atoms with van der Waals surface area (Å²) in [4.78, 5) is 48.5. The molecule has 0 saturated heterocycles. The number of nitrogens with zero attached hydrogens (tertiary/aromatic N) is 1. The summed E-state index contributed by atoms with van der Waals surface area (Å²) in [5.74, 6) is -1.60. The van der Waals surface area contributed by atoms with Crippen LogP contribution in [0.5, 0.6) is 0 Å². The molecule has 29 heavy (non-hydrogen) atoms. The maximum atomic E-state index is 12.9.